The second-order valence-corrected chi connectivity index (χ2v) is 7.87. The van der Waals surface area contributed by atoms with Crippen LogP contribution in [0.3, 0.4) is 0 Å². The lowest BCUT2D eigenvalue weighted by molar-refractivity contribution is -0.139. The number of carbonyl (C=O) groups excluding carboxylic acids is 2. The number of aromatic amines is 1. The van der Waals surface area contributed by atoms with E-state index in [0.29, 0.717) is 12.2 Å². The van der Waals surface area contributed by atoms with Crippen molar-refractivity contribution >= 4 is 30.3 Å². The first-order valence-corrected chi connectivity index (χ1v) is 11.0. The fourth-order valence-electron chi connectivity index (χ4n) is 3.38. The van der Waals surface area contributed by atoms with Gasteiger partial charge in [-0.3, -0.25) is 9.59 Å². The number of imidazole rings is 1. The van der Waals surface area contributed by atoms with E-state index in [2.05, 4.69) is 30.7 Å². The number of tetrazole rings is 1. The first kappa shape index (κ1) is 27.0. The van der Waals surface area contributed by atoms with Gasteiger partial charge in [0.1, 0.15) is 25.0 Å². The molecule has 0 saturated heterocycles. The number of nitrogens with one attached hydrogen (secondary N) is 2. The van der Waals surface area contributed by atoms with Crippen molar-refractivity contribution in [3.63, 3.8) is 0 Å². The van der Waals surface area contributed by atoms with Crippen LogP contribution in [-0.2, 0) is 33.9 Å². The van der Waals surface area contributed by atoms with Gasteiger partial charge in [-0.1, -0.05) is 54.6 Å². The lowest BCUT2D eigenvalue weighted by Crippen LogP contribution is -2.44. The highest BCUT2D eigenvalue weighted by atomic mass is 35.5. The summed E-state index contributed by atoms with van der Waals surface area (Å²) in [6.07, 6.45) is 2.30. The number of H-pyrrole nitrogens is 1. The number of nitrogens with zero attached hydrogens (tertiary/aromatic N) is 5. The Hall–Kier alpha value is -4.58. The molecule has 37 heavy (non-hydrogen) atoms. The SMILES string of the molecule is Cl.O=C(O)CC(NC(=O)OCc1ccccc1)C(=O)Cn1nnc(Cc2ccc(-c3ncc[nH]3)cc2)n1. The molecule has 1 amide bonds. The smallest absolute Gasteiger partial charge is 0.408 e. The van der Waals surface area contributed by atoms with Crippen molar-refractivity contribution in [1.82, 2.24) is 35.5 Å². The first-order chi connectivity index (χ1) is 17.5. The number of carboxylic acid groups (broad SMARTS) is 1. The number of halogens is 1. The average molecular weight is 526 g/mol. The van der Waals surface area contributed by atoms with Crippen LogP contribution in [0.4, 0.5) is 4.79 Å². The van der Waals surface area contributed by atoms with Crippen LogP contribution in [0.5, 0.6) is 0 Å². The number of amides is 1. The third-order valence-corrected chi connectivity index (χ3v) is 5.15. The van der Waals surface area contributed by atoms with Crippen molar-refractivity contribution in [3.8, 4) is 11.4 Å². The van der Waals surface area contributed by atoms with Crippen molar-refractivity contribution in [2.75, 3.05) is 0 Å². The van der Waals surface area contributed by atoms with Gasteiger partial charge in [0.2, 0.25) is 0 Å². The standard InChI is InChI=1S/C24H23N7O5.ClH/c32-20(19(13-22(33)34)27-24(35)36-15-17-4-2-1-3-5-17)14-31-29-21(28-30-31)12-16-6-8-18(9-7-16)23-25-10-11-26-23;/h1-11,19H,12-15H2,(H,25,26)(H,27,35)(H,33,34);1H. The van der Waals surface area contributed by atoms with Crippen molar-refractivity contribution < 1.29 is 24.2 Å². The summed E-state index contributed by atoms with van der Waals surface area (Å²) in [5, 5.41) is 23.5. The van der Waals surface area contributed by atoms with Crippen molar-refractivity contribution in [1.29, 1.82) is 0 Å². The number of hydrogen-bond acceptors (Lipinski definition) is 8. The molecule has 3 N–H and O–H groups in total. The van der Waals surface area contributed by atoms with Gasteiger partial charge in [-0.05, 0) is 16.3 Å². The van der Waals surface area contributed by atoms with Gasteiger partial charge in [-0.25, -0.2) is 9.78 Å². The van der Waals surface area contributed by atoms with E-state index in [0.717, 1.165) is 27.3 Å². The molecule has 0 bridgehead atoms. The van der Waals surface area contributed by atoms with E-state index in [1.807, 2.05) is 30.3 Å². The number of benzene rings is 2. The van der Waals surface area contributed by atoms with Gasteiger partial charge < -0.3 is 20.1 Å². The van der Waals surface area contributed by atoms with Gasteiger partial charge in [0.25, 0.3) is 0 Å². The molecule has 0 aliphatic heterocycles. The zero-order valence-corrected chi connectivity index (χ0v) is 20.3. The van der Waals surface area contributed by atoms with Crippen molar-refractivity contribution in [2.24, 2.45) is 0 Å². The highest BCUT2D eigenvalue weighted by Crippen LogP contribution is 2.16. The number of carboxylic acids is 1. The van der Waals surface area contributed by atoms with Gasteiger partial charge >= 0.3 is 12.1 Å². The molecule has 0 spiro atoms. The Morgan fingerprint density at radius 2 is 1.81 bits per heavy atom. The van der Waals surface area contributed by atoms with Crippen molar-refractivity contribution in [2.45, 2.75) is 32.0 Å². The second kappa shape index (κ2) is 12.9. The summed E-state index contributed by atoms with van der Waals surface area (Å²) < 4.78 is 5.09. The molecule has 4 aromatic rings. The third kappa shape index (κ3) is 7.97. The van der Waals surface area contributed by atoms with Crippen LogP contribution in [0.25, 0.3) is 11.4 Å². The summed E-state index contributed by atoms with van der Waals surface area (Å²) in [6, 6.07) is 15.3. The summed E-state index contributed by atoms with van der Waals surface area (Å²) in [6.45, 7) is -0.377. The molecule has 0 radical (unpaired) electrons. The topological polar surface area (TPSA) is 165 Å². The number of Topliss-reactive ketones (excluding diaryl/α,β-unsaturated/α-hetero) is 1. The lowest BCUT2D eigenvalue weighted by Gasteiger charge is -2.15. The van der Waals surface area contributed by atoms with E-state index < -0.39 is 30.3 Å². The van der Waals surface area contributed by atoms with E-state index in [-0.39, 0.29) is 25.6 Å². The van der Waals surface area contributed by atoms with Gasteiger partial charge in [0.15, 0.2) is 11.6 Å². The molecular weight excluding hydrogens is 502 g/mol. The molecule has 0 saturated carbocycles. The monoisotopic (exact) mass is 525 g/mol. The number of aromatic nitrogens is 6. The average Bonchev–Trinajstić information content (AvgIpc) is 3.56. The number of aliphatic carboxylic acids is 1. The quantitative estimate of drug-likeness (QED) is 0.266. The largest absolute Gasteiger partial charge is 0.481 e. The fraction of sp³-hybridized carbons (Fsp3) is 0.208. The minimum atomic E-state index is -1.31. The Morgan fingerprint density at radius 3 is 2.49 bits per heavy atom. The van der Waals surface area contributed by atoms with Crippen LogP contribution < -0.4 is 5.32 Å². The van der Waals surface area contributed by atoms with Gasteiger partial charge in [-0.2, -0.15) is 4.80 Å². The highest BCUT2D eigenvalue weighted by molar-refractivity contribution is 5.90. The van der Waals surface area contributed by atoms with Crippen LogP contribution in [0, 0.1) is 0 Å². The van der Waals surface area contributed by atoms with Gasteiger partial charge in [0.05, 0.1) is 6.42 Å². The van der Waals surface area contributed by atoms with Gasteiger partial charge in [-0.15, -0.1) is 22.6 Å². The van der Waals surface area contributed by atoms with E-state index >= 15 is 0 Å². The van der Waals surface area contributed by atoms with E-state index in [1.165, 1.54) is 0 Å². The number of ketones is 1. The normalized spacial score (nSPS) is 11.2. The summed E-state index contributed by atoms with van der Waals surface area (Å²) in [7, 11) is 0. The van der Waals surface area contributed by atoms with E-state index in [1.54, 1.807) is 36.7 Å². The molecule has 4 rings (SSSR count). The predicted octanol–water partition coefficient (Wildman–Crippen LogP) is 2.41. The summed E-state index contributed by atoms with van der Waals surface area (Å²) >= 11 is 0. The van der Waals surface area contributed by atoms with Crippen LogP contribution in [0.15, 0.2) is 67.0 Å². The minimum Gasteiger partial charge on any atom is -0.481 e. The Morgan fingerprint density at radius 1 is 1.05 bits per heavy atom. The summed E-state index contributed by atoms with van der Waals surface area (Å²) in [4.78, 5) is 44.4. The number of ether oxygens (including phenoxy) is 1. The maximum atomic E-state index is 12.7. The number of carbonyl (C=O) groups is 3. The molecule has 2 heterocycles. The highest BCUT2D eigenvalue weighted by Gasteiger charge is 2.25. The summed E-state index contributed by atoms with van der Waals surface area (Å²) in [5.41, 5.74) is 2.62. The number of alkyl carbamates (subject to hydrolysis) is 1. The Balaban J connectivity index is 0.00000380. The zero-order chi connectivity index (χ0) is 25.3. The molecule has 0 aliphatic carbocycles. The minimum absolute atomic E-state index is 0. The molecule has 13 heteroatoms. The van der Waals surface area contributed by atoms with Crippen molar-refractivity contribution in [3.05, 3.63) is 83.9 Å². The van der Waals surface area contributed by atoms with E-state index in [4.69, 9.17) is 9.84 Å². The maximum absolute atomic E-state index is 12.7. The Labute approximate surface area is 217 Å². The Bertz CT molecular complexity index is 1310. The first-order valence-electron chi connectivity index (χ1n) is 11.0. The maximum Gasteiger partial charge on any atom is 0.408 e. The van der Waals surface area contributed by atoms with E-state index in [9.17, 15) is 14.4 Å². The fourth-order valence-corrected chi connectivity index (χ4v) is 3.38. The lowest BCUT2D eigenvalue weighted by atomic mass is 10.1. The molecule has 0 fully saturated rings. The number of hydrogen-bond donors (Lipinski definition) is 3. The predicted molar refractivity (Wildman–Crippen MR) is 133 cm³/mol. The third-order valence-electron chi connectivity index (χ3n) is 5.15. The molecular formula is C24H24ClN7O5. The van der Waals surface area contributed by atoms with Crippen LogP contribution in [0.2, 0.25) is 0 Å². The molecule has 192 valence electrons. The van der Waals surface area contributed by atoms with Crippen LogP contribution >= 0.6 is 12.4 Å². The van der Waals surface area contributed by atoms with Crippen LogP contribution in [0.1, 0.15) is 23.4 Å². The second-order valence-electron chi connectivity index (χ2n) is 7.87. The molecule has 0 aliphatic rings. The molecule has 2 aromatic heterocycles. The molecule has 12 nitrogen and oxygen atoms in total. The molecule has 1 unspecified atom stereocenters. The number of rotatable bonds is 11. The summed E-state index contributed by atoms with van der Waals surface area (Å²) in [5.74, 6) is -0.695. The van der Waals surface area contributed by atoms with Gasteiger partial charge in [0, 0.05) is 24.4 Å². The Kier molecular flexibility index (Phi) is 9.44. The zero-order valence-electron chi connectivity index (χ0n) is 19.5. The molecule has 1 atom stereocenters. The van der Waals surface area contributed by atoms with Crippen LogP contribution in [-0.4, -0.2) is 59.2 Å². The molecule has 2 aromatic carbocycles.